The predicted octanol–water partition coefficient (Wildman–Crippen LogP) is 25.2. The van der Waals surface area contributed by atoms with Crippen molar-refractivity contribution in [2.24, 2.45) is 0 Å². The first kappa shape index (κ1) is 58.1. The van der Waals surface area contributed by atoms with Gasteiger partial charge in [0.2, 0.25) is 0 Å². The molecule has 99 heavy (non-hydrogen) atoms. The molecule has 0 N–H and O–H groups in total. The molecule has 0 amide bonds. The topological polar surface area (TPSA) is 54.1 Å². The van der Waals surface area contributed by atoms with E-state index in [2.05, 4.69) is 330 Å². The molecule has 19 rings (SSSR count). The fourth-order valence-electron chi connectivity index (χ4n) is 17.5. The number of rotatable bonds is 10. The van der Waals surface area contributed by atoms with Gasteiger partial charge in [-0.15, -0.1) is 0 Å². The summed E-state index contributed by atoms with van der Waals surface area (Å²) in [7, 11) is 0. The van der Waals surface area contributed by atoms with Crippen LogP contribution in [0.5, 0.6) is 0 Å². The molecule has 0 saturated heterocycles. The summed E-state index contributed by atoms with van der Waals surface area (Å²) in [5.74, 6) is 0. The average molecular weight is 1260 g/mol. The van der Waals surface area contributed by atoms with E-state index >= 15 is 0 Å². The van der Waals surface area contributed by atoms with Crippen molar-refractivity contribution in [3.05, 3.63) is 334 Å². The van der Waals surface area contributed by atoms with Gasteiger partial charge in [-0.2, -0.15) is 10.5 Å². The monoisotopic (exact) mass is 1260 g/mol. The first-order valence-corrected chi connectivity index (χ1v) is 34.4. The highest BCUT2D eigenvalue weighted by molar-refractivity contribution is 6.20. The lowest BCUT2D eigenvalue weighted by molar-refractivity contribution is 0.660. The van der Waals surface area contributed by atoms with E-state index in [1.165, 1.54) is 155 Å². The summed E-state index contributed by atoms with van der Waals surface area (Å²) in [6.45, 7) is 14.2. The van der Waals surface area contributed by atoms with Crippen LogP contribution in [0.2, 0.25) is 0 Å². The lowest BCUT2D eigenvalue weighted by atomic mass is 9.81. The van der Waals surface area contributed by atoms with Crippen LogP contribution in [0.3, 0.4) is 0 Å². The van der Waals surface area contributed by atoms with E-state index in [9.17, 15) is 10.5 Å². The minimum Gasteiger partial charge on any atom is -0.310 e. The maximum atomic E-state index is 9.83. The first-order chi connectivity index (χ1) is 48.2. The van der Waals surface area contributed by atoms with E-state index in [4.69, 9.17) is 0 Å². The summed E-state index contributed by atoms with van der Waals surface area (Å²) < 4.78 is 0. The maximum Gasteiger partial charge on any atom is 0.0991 e. The van der Waals surface area contributed by atoms with Gasteiger partial charge in [-0.05, 0) is 229 Å². The largest absolute Gasteiger partial charge is 0.310 e. The smallest absolute Gasteiger partial charge is 0.0991 e. The molecule has 0 unspecified atom stereocenters. The van der Waals surface area contributed by atoms with Gasteiger partial charge in [-0.1, -0.05) is 248 Å². The molecule has 5 aliphatic carbocycles. The zero-order valence-corrected chi connectivity index (χ0v) is 56.0. The molecule has 4 nitrogen and oxygen atoms in total. The molecule has 0 radical (unpaired) electrons. The zero-order chi connectivity index (χ0) is 66.8. The van der Waals surface area contributed by atoms with Crippen LogP contribution in [-0.4, -0.2) is 0 Å². The molecule has 14 aromatic rings. The van der Waals surface area contributed by atoms with E-state index in [-0.39, 0.29) is 16.2 Å². The fourth-order valence-corrected chi connectivity index (χ4v) is 17.5. The van der Waals surface area contributed by atoms with Crippen molar-refractivity contribution in [2.75, 3.05) is 9.80 Å². The van der Waals surface area contributed by atoms with Gasteiger partial charge in [0.15, 0.2) is 0 Å². The molecule has 0 aromatic heterocycles. The number of nitrogens with zero attached hydrogens (tertiary/aromatic N) is 4. The minimum absolute atomic E-state index is 0.200. The van der Waals surface area contributed by atoms with Crippen molar-refractivity contribution < 1.29 is 0 Å². The molecule has 0 atom stereocenters. The van der Waals surface area contributed by atoms with E-state index < -0.39 is 0 Å². The molecule has 0 spiro atoms. The Morgan fingerprint density at radius 2 is 0.515 bits per heavy atom. The highest BCUT2D eigenvalue weighted by Gasteiger charge is 2.40. The van der Waals surface area contributed by atoms with Gasteiger partial charge in [0.05, 0.1) is 34.6 Å². The molecule has 0 heterocycles. The minimum atomic E-state index is -0.270. The summed E-state index contributed by atoms with van der Waals surface area (Å²) in [4.78, 5) is 4.75. The Kier molecular flexibility index (Phi) is 12.5. The molecule has 14 aromatic carbocycles. The summed E-state index contributed by atoms with van der Waals surface area (Å²) in [5.41, 5.74) is 37.4. The molecule has 0 aliphatic heterocycles. The molecule has 0 saturated carbocycles. The number of nitriles is 2. The number of benzene rings is 14. The molecule has 466 valence electrons. The second-order valence-electron chi connectivity index (χ2n) is 29.0. The van der Waals surface area contributed by atoms with Gasteiger partial charge in [-0.25, -0.2) is 0 Å². The van der Waals surface area contributed by atoms with E-state index in [0.717, 1.165) is 34.1 Å². The van der Waals surface area contributed by atoms with Crippen molar-refractivity contribution in [2.45, 2.75) is 57.8 Å². The first-order valence-electron chi connectivity index (χ1n) is 34.4. The molecule has 5 aliphatic rings. The van der Waals surface area contributed by atoms with E-state index in [1.54, 1.807) is 0 Å². The van der Waals surface area contributed by atoms with Gasteiger partial charge in [0, 0.05) is 49.8 Å². The predicted molar refractivity (Wildman–Crippen MR) is 413 cm³/mol. The van der Waals surface area contributed by atoms with Crippen molar-refractivity contribution in [3.8, 4) is 90.0 Å². The maximum absolute atomic E-state index is 9.83. The van der Waals surface area contributed by atoms with E-state index in [0.29, 0.717) is 11.1 Å². The third kappa shape index (κ3) is 8.62. The SMILES string of the molecule is CC1(C)c2cc(/C=C/c3ccc4c(c3)C(C)(C)c3cc(N(c5ccc(C#N)cc5)c5ccc6c7c(cccc57)-c5ccccc5-6)ccc3-4)ccc2-c2ccc(/C=C/c3ccc4c(c3)C(C)(C)c3cc(N(c5ccc(C#N)cc5)c5ccc6c7c(cccc57)-c5ccccc5-6)ccc3-4)cc21. The van der Waals surface area contributed by atoms with Crippen LogP contribution in [0.25, 0.3) is 124 Å². The Hall–Kier alpha value is -12.3. The summed E-state index contributed by atoms with van der Waals surface area (Å²) in [5, 5.41) is 24.6. The highest BCUT2D eigenvalue weighted by atomic mass is 15.1. The van der Waals surface area contributed by atoms with Crippen LogP contribution in [0.15, 0.2) is 267 Å². The third-order valence-electron chi connectivity index (χ3n) is 22.6. The van der Waals surface area contributed by atoms with Crippen molar-refractivity contribution in [3.63, 3.8) is 0 Å². The molecular weight excluding hydrogens is 1200 g/mol. The number of fused-ring (bicyclic) bond motifs is 15. The Balaban J connectivity index is 0.579. The Bertz CT molecular complexity index is 5610. The van der Waals surface area contributed by atoms with Gasteiger partial charge < -0.3 is 9.80 Å². The van der Waals surface area contributed by atoms with Gasteiger partial charge in [0.1, 0.15) is 0 Å². The van der Waals surface area contributed by atoms with Gasteiger partial charge in [0.25, 0.3) is 0 Å². The second kappa shape index (κ2) is 21.3. The third-order valence-corrected chi connectivity index (χ3v) is 22.6. The quantitative estimate of drug-likeness (QED) is 0.128. The summed E-state index contributed by atoms with van der Waals surface area (Å²) in [6, 6.07) is 103. The summed E-state index contributed by atoms with van der Waals surface area (Å²) in [6.07, 6.45) is 9.13. The lowest BCUT2D eigenvalue weighted by Gasteiger charge is -2.29. The Morgan fingerprint density at radius 3 is 0.828 bits per heavy atom. The fraction of sp³-hybridized carbons (Fsp3) is 0.0947. The number of hydrogen-bond donors (Lipinski definition) is 0. The van der Waals surface area contributed by atoms with Crippen LogP contribution in [0.4, 0.5) is 34.1 Å². The Morgan fingerprint density at radius 1 is 0.253 bits per heavy atom. The van der Waals surface area contributed by atoms with Crippen LogP contribution in [-0.2, 0) is 16.2 Å². The molecule has 0 fully saturated rings. The number of hydrogen-bond acceptors (Lipinski definition) is 4. The summed E-state index contributed by atoms with van der Waals surface area (Å²) >= 11 is 0. The average Bonchev–Trinajstić information content (AvgIpc) is 1.65. The normalized spacial score (nSPS) is 14.3. The van der Waals surface area contributed by atoms with Crippen LogP contribution >= 0.6 is 0 Å². The van der Waals surface area contributed by atoms with Crippen LogP contribution in [0, 0.1) is 22.7 Å². The zero-order valence-electron chi connectivity index (χ0n) is 56.0. The van der Waals surface area contributed by atoms with Crippen LogP contribution in [0.1, 0.15) is 108 Å². The van der Waals surface area contributed by atoms with Crippen molar-refractivity contribution in [1.29, 1.82) is 10.5 Å². The highest BCUT2D eigenvalue weighted by Crippen LogP contribution is 2.58. The van der Waals surface area contributed by atoms with Crippen molar-refractivity contribution in [1.82, 2.24) is 0 Å². The molecular formula is C95H66N4. The molecule has 0 bridgehead atoms. The van der Waals surface area contributed by atoms with Gasteiger partial charge in [-0.3, -0.25) is 0 Å². The second-order valence-corrected chi connectivity index (χ2v) is 29.0. The van der Waals surface area contributed by atoms with Crippen molar-refractivity contribution >= 4 is 80.0 Å². The molecule has 4 heteroatoms. The standard InChI is InChI=1S/C95H66N4/c1-93(2)83-49-57(21-23-59-31-41-73-75-43-37-65(53-87(75)94(3,4)85(73)51-59)98(63-33-25-61(55-96)26-34-63)89-47-45-79-69-15-9-7-13-67(69)77-17-11-19-81(89)91(77)79)29-39-71(83)72-40-30-58(50-84(72)93)22-24-60-32-42-74-76-44-38-66(54-88(76)95(5,6)86(74)52-60)99(64-35-27-62(56-97)28-36-64)90-48-46-80-70-16-10-8-14-68(70)78-18-12-20-82(90)92(78)80/h7-54H,1-6H3/b23-21+,24-22+. The number of anilines is 6. The lowest BCUT2D eigenvalue weighted by Crippen LogP contribution is -2.17. The van der Waals surface area contributed by atoms with Gasteiger partial charge >= 0.3 is 0 Å². The Labute approximate surface area is 578 Å². The van der Waals surface area contributed by atoms with Crippen LogP contribution < -0.4 is 9.80 Å². The van der Waals surface area contributed by atoms with E-state index in [1.807, 2.05) is 24.3 Å².